The molecule has 2 heterocycles. The number of hydrogen-bond acceptors (Lipinski definition) is 3. The molecule has 4 heteroatoms. The Morgan fingerprint density at radius 1 is 1.60 bits per heavy atom. The van der Waals surface area contributed by atoms with Crippen LogP contribution in [0.5, 0.6) is 0 Å². The molecule has 1 aromatic heterocycles. The quantitative estimate of drug-likeness (QED) is 0.797. The third kappa shape index (κ3) is 1.76. The third-order valence-corrected chi connectivity index (χ3v) is 3.05. The monoisotopic (exact) mass is 225 g/mol. The third-order valence-electron chi connectivity index (χ3n) is 2.85. The molecule has 0 unspecified atom stereocenters. The molecule has 0 atom stereocenters. The van der Waals surface area contributed by atoms with Gasteiger partial charge in [-0.15, -0.1) is 0 Å². The van der Waals surface area contributed by atoms with Gasteiger partial charge in [0.25, 0.3) is 0 Å². The molecule has 0 spiro atoms. The van der Waals surface area contributed by atoms with E-state index in [1.165, 1.54) is 0 Å². The number of nitrogens with zero attached hydrogens (tertiary/aromatic N) is 2. The van der Waals surface area contributed by atoms with Crippen molar-refractivity contribution in [3.8, 4) is 0 Å². The molecule has 0 fully saturated rings. The SMILES string of the molecule is CCN1c2ncc(Cl)cc2NCC1(C)C. The number of anilines is 2. The predicted octanol–water partition coefficient (Wildman–Crippen LogP) is 2.77. The van der Waals surface area contributed by atoms with Crippen molar-refractivity contribution in [3.63, 3.8) is 0 Å². The molecule has 82 valence electrons. The van der Waals surface area contributed by atoms with Crippen LogP contribution in [-0.4, -0.2) is 23.6 Å². The maximum atomic E-state index is 5.92. The minimum Gasteiger partial charge on any atom is -0.380 e. The van der Waals surface area contributed by atoms with Gasteiger partial charge in [0.15, 0.2) is 5.82 Å². The second-order valence-corrected chi connectivity index (χ2v) is 4.87. The molecule has 3 nitrogen and oxygen atoms in total. The molecule has 0 radical (unpaired) electrons. The summed E-state index contributed by atoms with van der Waals surface area (Å²) in [7, 11) is 0. The fraction of sp³-hybridized carbons (Fsp3) is 0.545. The molecule has 1 aliphatic rings. The number of pyridine rings is 1. The number of hydrogen-bond donors (Lipinski definition) is 1. The number of aromatic nitrogens is 1. The maximum Gasteiger partial charge on any atom is 0.152 e. The standard InChI is InChI=1S/C11H16ClN3/c1-4-15-10-9(5-8(12)6-13-10)14-7-11(15,2)3/h5-6,14H,4,7H2,1-3H3. The normalized spacial score (nSPS) is 18.3. The van der Waals surface area contributed by atoms with Crippen molar-refractivity contribution in [2.24, 2.45) is 0 Å². The summed E-state index contributed by atoms with van der Waals surface area (Å²) in [6.07, 6.45) is 1.70. The minimum absolute atomic E-state index is 0.0998. The molecular formula is C11H16ClN3. The first-order valence-electron chi connectivity index (χ1n) is 5.21. The summed E-state index contributed by atoms with van der Waals surface area (Å²) in [5.74, 6) is 0.998. The van der Waals surface area contributed by atoms with Gasteiger partial charge in [-0.05, 0) is 26.8 Å². The number of fused-ring (bicyclic) bond motifs is 1. The molecule has 0 aromatic carbocycles. The first-order valence-corrected chi connectivity index (χ1v) is 5.59. The van der Waals surface area contributed by atoms with E-state index in [0.29, 0.717) is 5.02 Å². The highest BCUT2D eigenvalue weighted by Gasteiger charge is 2.32. The first kappa shape index (κ1) is 10.6. The van der Waals surface area contributed by atoms with Crippen LogP contribution in [0.2, 0.25) is 5.02 Å². The molecule has 1 aromatic rings. The fourth-order valence-electron chi connectivity index (χ4n) is 2.05. The number of likely N-dealkylation sites (N-methyl/N-ethyl adjacent to an activating group) is 1. The van der Waals surface area contributed by atoms with Crippen molar-refractivity contribution >= 4 is 23.1 Å². The van der Waals surface area contributed by atoms with Gasteiger partial charge in [0.05, 0.1) is 16.2 Å². The number of halogens is 1. The summed E-state index contributed by atoms with van der Waals surface area (Å²) in [6.45, 7) is 8.44. The molecule has 1 aliphatic heterocycles. The van der Waals surface area contributed by atoms with Crippen LogP contribution in [0.15, 0.2) is 12.3 Å². The second-order valence-electron chi connectivity index (χ2n) is 4.43. The van der Waals surface area contributed by atoms with E-state index in [0.717, 1.165) is 24.6 Å². The van der Waals surface area contributed by atoms with Gasteiger partial charge in [-0.1, -0.05) is 11.6 Å². The largest absolute Gasteiger partial charge is 0.380 e. The molecule has 1 N–H and O–H groups in total. The highest BCUT2D eigenvalue weighted by molar-refractivity contribution is 6.30. The Hall–Kier alpha value is -0.960. The van der Waals surface area contributed by atoms with Crippen molar-refractivity contribution in [1.82, 2.24) is 4.98 Å². The summed E-state index contributed by atoms with van der Waals surface area (Å²) in [5, 5.41) is 4.05. The van der Waals surface area contributed by atoms with Gasteiger partial charge in [-0.25, -0.2) is 4.98 Å². The van der Waals surface area contributed by atoms with Gasteiger partial charge < -0.3 is 10.2 Å². The van der Waals surface area contributed by atoms with Crippen LogP contribution in [-0.2, 0) is 0 Å². The molecule has 0 saturated carbocycles. The zero-order valence-electron chi connectivity index (χ0n) is 9.34. The van der Waals surface area contributed by atoms with E-state index in [4.69, 9.17) is 11.6 Å². The lowest BCUT2D eigenvalue weighted by atomic mass is 9.99. The van der Waals surface area contributed by atoms with Crippen molar-refractivity contribution in [2.75, 3.05) is 23.3 Å². The van der Waals surface area contributed by atoms with Crippen LogP contribution in [0, 0.1) is 0 Å². The summed E-state index contributed by atoms with van der Waals surface area (Å²) in [4.78, 5) is 6.70. The zero-order chi connectivity index (χ0) is 11.1. The predicted molar refractivity (Wildman–Crippen MR) is 64.8 cm³/mol. The van der Waals surface area contributed by atoms with E-state index in [-0.39, 0.29) is 5.54 Å². The molecule has 15 heavy (non-hydrogen) atoms. The van der Waals surface area contributed by atoms with Crippen LogP contribution in [0.1, 0.15) is 20.8 Å². The van der Waals surface area contributed by atoms with Gasteiger partial charge in [-0.3, -0.25) is 0 Å². The average Bonchev–Trinajstić information content (AvgIpc) is 2.18. The summed E-state index contributed by atoms with van der Waals surface area (Å²) in [5.41, 5.74) is 1.13. The molecule has 0 amide bonds. The Balaban J connectivity index is 2.47. The number of rotatable bonds is 1. The van der Waals surface area contributed by atoms with E-state index in [9.17, 15) is 0 Å². The van der Waals surface area contributed by atoms with Crippen molar-refractivity contribution in [1.29, 1.82) is 0 Å². The van der Waals surface area contributed by atoms with E-state index in [1.54, 1.807) is 6.20 Å². The summed E-state index contributed by atoms with van der Waals surface area (Å²) < 4.78 is 0. The Bertz CT molecular complexity index is 376. The van der Waals surface area contributed by atoms with Crippen LogP contribution < -0.4 is 10.2 Å². The van der Waals surface area contributed by atoms with Crippen molar-refractivity contribution in [3.05, 3.63) is 17.3 Å². The Kier molecular flexibility index (Phi) is 2.51. The topological polar surface area (TPSA) is 28.2 Å². The lowest BCUT2D eigenvalue weighted by Gasteiger charge is -2.44. The lowest BCUT2D eigenvalue weighted by molar-refractivity contribution is 0.475. The molecular weight excluding hydrogens is 210 g/mol. The molecule has 0 bridgehead atoms. The first-order chi connectivity index (χ1) is 7.04. The van der Waals surface area contributed by atoms with Crippen LogP contribution >= 0.6 is 11.6 Å². The highest BCUT2D eigenvalue weighted by atomic mass is 35.5. The summed E-state index contributed by atoms with van der Waals surface area (Å²) >= 11 is 5.92. The zero-order valence-corrected chi connectivity index (χ0v) is 10.1. The highest BCUT2D eigenvalue weighted by Crippen LogP contribution is 2.35. The number of nitrogens with one attached hydrogen (secondary N) is 1. The Morgan fingerprint density at radius 2 is 2.33 bits per heavy atom. The van der Waals surface area contributed by atoms with Crippen molar-refractivity contribution < 1.29 is 0 Å². The Morgan fingerprint density at radius 3 is 3.00 bits per heavy atom. The van der Waals surface area contributed by atoms with E-state index < -0.39 is 0 Å². The lowest BCUT2D eigenvalue weighted by Crippen LogP contribution is -2.52. The molecule has 0 aliphatic carbocycles. The van der Waals surface area contributed by atoms with Crippen LogP contribution in [0.3, 0.4) is 0 Å². The van der Waals surface area contributed by atoms with E-state index >= 15 is 0 Å². The van der Waals surface area contributed by atoms with E-state index in [2.05, 4.69) is 36.0 Å². The Labute approximate surface area is 95.4 Å². The maximum absolute atomic E-state index is 5.92. The summed E-state index contributed by atoms with van der Waals surface area (Å²) in [6, 6.07) is 1.93. The molecule has 2 rings (SSSR count). The van der Waals surface area contributed by atoms with Gasteiger partial charge in [0.1, 0.15) is 0 Å². The smallest absolute Gasteiger partial charge is 0.152 e. The average molecular weight is 226 g/mol. The van der Waals surface area contributed by atoms with Gasteiger partial charge >= 0.3 is 0 Å². The van der Waals surface area contributed by atoms with Crippen molar-refractivity contribution in [2.45, 2.75) is 26.3 Å². The van der Waals surface area contributed by atoms with Crippen LogP contribution in [0.25, 0.3) is 0 Å². The van der Waals surface area contributed by atoms with E-state index in [1.807, 2.05) is 6.07 Å². The molecule has 0 saturated heterocycles. The fourth-order valence-corrected chi connectivity index (χ4v) is 2.21. The van der Waals surface area contributed by atoms with Crippen LogP contribution in [0.4, 0.5) is 11.5 Å². The van der Waals surface area contributed by atoms with Gasteiger partial charge in [-0.2, -0.15) is 0 Å². The van der Waals surface area contributed by atoms with Gasteiger partial charge in [0.2, 0.25) is 0 Å². The minimum atomic E-state index is 0.0998. The van der Waals surface area contributed by atoms with Gasteiger partial charge in [0, 0.05) is 19.3 Å². The second kappa shape index (κ2) is 3.56.